The van der Waals surface area contributed by atoms with Gasteiger partial charge in [-0.1, -0.05) is 12.1 Å². The summed E-state index contributed by atoms with van der Waals surface area (Å²) in [6.45, 7) is 0. The minimum Gasteiger partial charge on any atom is -0.497 e. The SMILES string of the molecule is COC(=O)C(C#N)C(C#N)c1ccc(OC)cc1. The Hall–Kier alpha value is -2.53. The van der Waals surface area contributed by atoms with E-state index in [1.807, 2.05) is 6.07 Å². The van der Waals surface area contributed by atoms with Crippen molar-refractivity contribution in [1.29, 1.82) is 10.5 Å². The Kier molecular flexibility index (Phi) is 4.71. The number of ether oxygens (including phenoxy) is 2. The van der Waals surface area contributed by atoms with E-state index in [0.717, 1.165) is 0 Å². The first kappa shape index (κ1) is 13.5. The van der Waals surface area contributed by atoms with Crippen molar-refractivity contribution in [1.82, 2.24) is 0 Å². The first-order valence-electron chi connectivity index (χ1n) is 5.19. The zero-order chi connectivity index (χ0) is 13.5. The molecule has 0 fully saturated rings. The quantitative estimate of drug-likeness (QED) is 0.751. The molecular formula is C13H12N2O3. The fraction of sp³-hybridized carbons (Fsp3) is 0.308. The van der Waals surface area contributed by atoms with E-state index in [1.165, 1.54) is 14.2 Å². The van der Waals surface area contributed by atoms with Crippen molar-refractivity contribution >= 4 is 5.97 Å². The van der Waals surface area contributed by atoms with E-state index in [4.69, 9.17) is 15.3 Å². The zero-order valence-corrected chi connectivity index (χ0v) is 10.1. The van der Waals surface area contributed by atoms with Crippen molar-refractivity contribution in [2.75, 3.05) is 14.2 Å². The van der Waals surface area contributed by atoms with E-state index >= 15 is 0 Å². The van der Waals surface area contributed by atoms with Gasteiger partial charge in [0.05, 0.1) is 32.3 Å². The third-order valence-corrected chi connectivity index (χ3v) is 2.54. The van der Waals surface area contributed by atoms with Crippen LogP contribution in [-0.2, 0) is 9.53 Å². The van der Waals surface area contributed by atoms with E-state index < -0.39 is 17.8 Å². The zero-order valence-electron chi connectivity index (χ0n) is 10.1. The molecule has 0 radical (unpaired) electrons. The number of hydrogen-bond acceptors (Lipinski definition) is 5. The van der Waals surface area contributed by atoms with E-state index in [0.29, 0.717) is 11.3 Å². The summed E-state index contributed by atoms with van der Waals surface area (Å²) in [5.41, 5.74) is 0.579. The van der Waals surface area contributed by atoms with Crippen LogP contribution in [0.5, 0.6) is 5.75 Å². The minimum atomic E-state index is -1.13. The second kappa shape index (κ2) is 6.27. The van der Waals surface area contributed by atoms with E-state index in [2.05, 4.69) is 4.74 Å². The van der Waals surface area contributed by atoms with E-state index in [9.17, 15) is 4.79 Å². The topological polar surface area (TPSA) is 83.1 Å². The summed E-state index contributed by atoms with van der Waals surface area (Å²) in [5, 5.41) is 18.1. The number of rotatable bonds is 4. The molecule has 0 aliphatic heterocycles. The van der Waals surface area contributed by atoms with Crippen LogP contribution < -0.4 is 4.74 Å². The Bertz CT molecular complexity index is 496. The van der Waals surface area contributed by atoms with Gasteiger partial charge in [-0.3, -0.25) is 4.79 Å². The normalized spacial score (nSPS) is 12.7. The number of carbonyl (C=O) groups is 1. The lowest BCUT2D eigenvalue weighted by Gasteiger charge is -2.13. The van der Waals surface area contributed by atoms with Gasteiger partial charge < -0.3 is 9.47 Å². The largest absolute Gasteiger partial charge is 0.497 e. The lowest BCUT2D eigenvalue weighted by molar-refractivity contribution is -0.143. The molecule has 0 heterocycles. The van der Waals surface area contributed by atoms with Crippen LogP contribution in [0.3, 0.4) is 0 Å². The first-order chi connectivity index (χ1) is 8.67. The Balaban J connectivity index is 3.05. The molecule has 92 valence electrons. The average molecular weight is 244 g/mol. The van der Waals surface area contributed by atoms with Crippen LogP contribution in [0.2, 0.25) is 0 Å². The maximum Gasteiger partial charge on any atom is 0.324 e. The third-order valence-electron chi connectivity index (χ3n) is 2.54. The molecule has 0 spiro atoms. The molecule has 1 rings (SSSR count). The molecule has 0 aromatic heterocycles. The van der Waals surface area contributed by atoms with Gasteiger partial charge in [-0.05, 0) is 17.7 Å². The fourth-order valence-electron chi connectivity index (χ4n) is 1.54. The number of nitriles is 2. The second-order valence-corrected chi connectivity index (χ2v) is 3.51. The Morgan fingerprint density at radius 2 is 1.78 bits per heavy atom. The summed E-state index contributed by atoms with van der Waals surface area (Å²) in [6, 6.07) is 10.4. The molecule has 2 atom stereocenters. The second-order valence-electron chi connectivity index (χ2n) is 3.51. The van der Waals surface area contributed by atoms with Crippen LogP contribution in [0.1, 0.15) is 11.5 Å². The van der Waals surface area contributed by atoms with Crippen molar-refractivity contribution < 1.29 is 14.3 Å². The lowest BCUT2D eigenvalue weighted by atomic mass is 9.88. The Morgan fingerprint density at radius 3 is 2.17 bits per heavy atom. The van der Waals surface area contributed by atoms with Gasteiger partial charge in [0.1, 0.15) is 5.75 Å². The van der Waals surface area contributed by atoms with Crippen LogP contribution in [0.4, 0.5) is 0 Å². The van der Waals surface area contributed by atoms with Gasteiger partial charge >= 0.3 is 5.97 Å². The maximum absolute atomic E-state index is 11.4. The molecule has 18 heavy (non-hydrogen) atoms. The van der Waals surface area contributed by atoms with Gasteiger partial charge in [0, 0.05) is 0 Å². The molecule has 0 saturated heterocycles. The third kappa shape index (κ3) is 2.78. The maximum atomic E-state index is 11.4. The van der Waals surface area contributed by atoms with E-state index in [-0.39, 0.29) is 0 Å². The van der Waals surface area contributed by atoms with Gasteiger partial charge in [-0.15, -0.1) is 0 Å². The highest BCUT2D eigenvalue weighted by Crippen LogP contribution is 2.26. The number of esters is 1. The highest BCUT2D eigenvalue weighted by atomic mass is 16.5. The molecule has 1 aromatic rings. The van der Waals surface area contributed by atoms with Crippen LogP contribution in [0.25, 0.3) is 0 Å². The van der Waals surface area contributed by atoms with Crippen molar-refractivity contribution in [3.8, 4) is 17.9 Å². The number of methoxy groups -OCH3 is 2. The first-order valence-corrected chi connectivity index (χ1v) is 5.19. The van der Waals surface area contributed by atoms with Crippen molar-refractivity contribution in [2.45, 2.75) is 5.92 Å². The van der Waals surface area contributed by atoms with Gasteiger partial charge in [0.2, 0.25) is 0 Å². The average Bonchev–Trinajstić information content (AvgIpc) is 2.44. The summed E-state index contributed by atoms with van der Waals surface area (Å²) in [5.74, 6) is -2.05. The Morgan fingerprint density at radius 1 is 1.17 bits per heavy atom. The highest BCUT2D eigenvalue weighted by Gasteiger charge is 2.30. The molecule has 0 aliphatic rings. The molecular weight excluding hydrogens is 232 g/mol. The molecule has 0 amide bonds. The number of carbonyl (C=O) groups excluding carboxylic acids is 1. The summed E-state index contributed by atoms with van der Waals surface area (Å²) in [4.78, 5) is 11.4. The van der Waals surface area contributed by atoms with Gasteiger partial charge in [-0.2, -0.15) is 10.5 Å². The van der Waals surface area contributed by atoms with Crippen LogP contribution in [-0.4, -0.2) is 20.2 Å². The molecule has 0 N–H and O–H groups in total. The van der Waals surface area contributed by atoms with Crippen LogP contribution in [0, 0.1) is 28.6 Å². The standard InChI is InChI=1S/C13H12N2O3/c1-17-10-5-3-9(4-6-10)11(7-14)12(8-15)13(16)18-2/h3-6,11-12H,1-2H3. The molecule has 1 aromatic carbocycles. The molecule has 2 unspecified atom stereocenters. The summed E-state index contributed by atoms with van der Waals surface area (Å²) in [6.07, 6.45) is 0. The van der Waals surface area contributed by atoms with Crippen molar-refractivity contribution in [2.24, 2.45) is 5.92 Å². The highest BCUT2D eigenvalue weighted by molar-refractivity contribution is 5.77. The predicted octanol–water partition coefficient (Wildman–Crippen LogP) is 1.62. The molecule has 5 heteroatoms. The summed E-state index contributed by atoms with van der Waals surface area (Å²) in [7, 11) is 2.72. The number of hydrogen-bond donors (Lipinski definition) is 0. The summed E-state index contributed by atoms with van der Waals surface area (Å²) >= 11 is 0. The van der Waals surface area contributed by atoms with Gasteiger partial charge in [-0.25, -0.2) is 0 Å². The molecule has 0 saturated carbocycles. The predicted molar refractivity (Wildman–Crippen MR) is 62.5 cm³/mol. The smallest absolute Gasteiger partial charge is 0.324 e. The van der Waals surface area contributed by atoms with Crippen molar-refractivity contribution in [3.05, 3.63) is 29.8 Å². The fourth-order valence-corrected chi connectivity index (χ4v) is 1.54. The lowest BCUT2D eigenvalue weighted by Crippen LogP contribution is -2.21. The van der Waals surface area contributed by atoms with Gasteiger partial charge in [0.25, 0.3) is 0 Å². The monoisotopic (exact) mass is 244 g/mol. The molecule has 0 bridgehead atoms. The minimum absolute atomic E-state index is 0.579. The molecule has 0 aliphatic carbocycles. The summed E-state index contributed by atoms with van der Waals surface area (Å²) < 4.78 is 9.51. The van der Waals surface area contributed by atoms with Crippen molar-refractivity contribution in [3.63, 3.8) is 0 Å². The van der Waals surface area contributed by atoms with Crippen LogP contribution >= 0.6 is 0 Å². The number of nitrogens with zero attached hydrogens (tertiary/aromatic N) is 2. The van der Waals surface area contributed by atoms with E-state index in [1.54, 1.807) is 30.3 Å². The van der Waals surface area contributed by atoms with Crippen LogP contribution in [0.15, 0.2) is 24.3 Å². The number of benzene rings is 1. The Labute approximate surface area is 105 Å². The van der Waals surface area contributed by atoms with Gasteiger partial charge in [0.15, 0.2) is 5.92 Å². The molecule has 5 nitrogen and oxygen atoms in total.